The fraction of sp³-hybridized carbons (Fsp3) is 1.00. The predicted octanol–water partition coefficient (Wildman–Crippen LogP) is 4.00. The number of aliphatic hydroxyl groups is 1. The van der Waals surface area contributed by atoms with Crippen molar-refractivity contribution in [2.75, 3.05) is 0 Å². The van der Waals surface area contributed by atoms with Gasteiger partial charge in [0.15, 0.2) is 0 Å². The van der Waals surface area contributed by atoms with Gasteiger partial charge >= 0.3 is 0 Å². The highest BCUT2D eigenvalue weighted by Gasteiger charge is 2.49. The molecule has 0 aromatic carbocycles. The van der Waals surface area contributed by atoms with E-state index in [1.54, 1.807) is 0 Å². The van der Waals surface area contributed by atoms with E-state index in [0.717, 1.165) is 24.2 Å². The molecule has 17 heavy (non-hydrogen) atoms. The van der Waals surface area contributed by atoms with E-state index >= 15 is 0 Å². The van der Waals surface area contributed by atoms with Gasteiger partial charge in [0.1, 0.15) is 0 Å². The molecule has 0 aliphatic heterocycles. The molecule has 0 aromatic rings. The third-order valence-electron chi connectivity index (χ3n) is 6.32. The molecular formula is C16H28O. The molecule has 3 rings (SSSR count). The highest BCUT2D eigenvalue weighted by atomic mass is 16.3. The van der Waals surface area contributed by atoms with Gasteiger partial charge in [-0.25, -0.2) is 0 Å². The first kappa shape index (κ1) is 12.0. The van der Waals surface area contributed by atoms with Crippen molar-refractivity contribution in [2.45, 2.75) is 71.3 Å². The molecule has 5 atom stereocenters. The van der Waals surface area contributed by atoms with Crippen LogP contribution < -0.4 is 0 Å². The molecule has 0 spiro atoms. The maximum absolute atomic E-state index is 10.2. The summed E-state index contributed by atoms with van der Waals surface area (Å²) in [5.41, 5.74) is 0.566. The van der Waals surface area contributed by atoms with Crippen LogP contribution in [0.1, 0.15) is 65.2 Å². The SMILES string of the molecule is CC1(C)CCCC2[C@@H]3CCC[C@@H](O)C3CC[C@@H]21. The molecule has 0 amide bonds. The van der Waals surface area contributed by atoms with Crippen molar-refractivity contribution in [3.8, 4) is 0 Å². The van der Waals surface area contributed by atoms with Crippen molar-refractivity contribution in [1.29, 1.82) is 0 Å². The summed E-state index contributed by atoms with van der Waals surface area (Å²) in [6, 6.07) is 0. The Morgan fingerprint density at radius 2 is 1.59 bits per heavy atom. The van der Waals surface area contributed by atoms with E-state index in [1.165, 1.54) is 44.9 Å². The van der Waals surface area contributed by atoms with E-state index in [0.29, 0.717) is 11.3 Å². The first-order chi connectivity index (χ1) is 8.09. The van der Waals surface area contributed by atoms with Crippen LogP contribution in [-0.4, -0.2) is 11.2 Å². The molecule has 1 heteroatoms. The molecule has 0 heterocycles. The average molecular weight is 236 g/mol. The molecule has 0 aromatic heterocycles. The molecule has 3 fully saturated rings. The molecule has 3 aliphatic rings. The summed E-state index contributed by atoms with van der Waals surface area (Å²) in [5, 5.41) is 10.2. The monoisotopic (exact) mass is 236 g/mol. The number of hydrogen-bond acceptors (Lipinski definition) is 1. The van der Waals surface area contributed by atoms with Crippen molar-refractivity contribution < 1.29 is 5.11 Å². The Hall–Kier alpha value is -0.0400. The zero-order valence-electron chi connectivity index (χ0n) is 11.5. The Kier molecular flexibility index (Phi) is 3.01. The van der Waals surface area contributed by atoms with Crippen LogP contribution in [0.2, 0.25) is 0 Å². The summed E-state index contributed by atoms with van der Waals surface area (Å²) in [6.07, 6.45) is 10.8. The first-order valence-corrected chi connectivity index (χ1v) is 7.78. The van der Waals surface area contributed by atoms with Crippen LogP contribution in [0.25, 0.3) is 0 Å². The molecule has 3 saturated carbocycles. The maximum atomic E-state index is 10.2. The van der Waals surface area contributed by atoms with Gasteiger partial charge in [-0.15, -0.1) is 0 Å². The topological polar surface area (TPSA) is 20.2 Å². The molecule has 2 unspecified atom stereocenters. The zero-order valence-corrected chi connectivity index (χ0v) is 11.5. The van der Waals surface area contributed by atoms with Crippen molar-refractivity contribution in [2.24, 2.45) is 29.1 Å². The van der Waals surface area contributed by atoms with Crippen LogP contribution >= 0.6 is 0 Å². The normalized spacial score (nSPS) is 49.2. The van der Waals surface area contributed by atoms with Crippen molar-refractivity contribution in [3.63, 3.8) is 0 Å². The highest BCUT2D eigenvalue weighted by Crippen LogP contribution is 2.56. The van der Waals surface area contributed by atoms with Crippen LogP contribution in [0.15, 0.2) is 0 Å². The molecule has 1 nitrogen and oxygen atoms in total. The summed E-state index contributed by atoms with van der Waals surface area (Å²) < 4.78 is 0. The fourth-order valence-electron chi connectivity index (χ4n) is 5.46. The molecule has 0 saturated heterocycles. The number of rotatable bonds is 0. The molecule has 1 N–H and O–H groups in total. The number of fused-ring (bicyclic) bond motifs is 3. The highest BCUT2D eigenvalue weighted by molar-refractivity contribution is 4.99. The Morgan fingerprint density at radius 1 is 0.824 bits per heavy atom. The molecule has 0 bridgehead atoms. The lowest BCUT2D eigenvalue weighted by Gasteiger charge is -2.55. The Morgan fingerprint density at radius 3 is 2.41 bits per heavy atom. The molecule has 98 valence electrons. The van der Waals surface area contributed by atoms with Crippen LogP contribution in [0, 0.1) is 29.1 Å². The molecular weight excluding hydrogens is 208 g/mol. The minimum absolute atomic E-state index is 0.0275. The summed E-state index contributed by atoms with van der Waals surface area (Å²) in [4.78, 5) is 0. The van der Waals surface area contributed by atoms with Crippen molar-refractivity contribution in [1.82, 2.24) is 0 Å². The van der Waals surface area contributed by atoms with E-state index in [-0.39, 0.29) is 6.10 Å². The minimum atomic E-state index is 0.0275. The van der Waals surface area contributed by atoms with Gasteiger partial charge < -0.3 is 5.11 Å². The lowest BCUT2D eigenvalue weighted by molar-refractivity contribution is -0.0816. The number of aliphatic hydroxyl groups excluding tert-OH is 1. The zero-order chi connectivity index (χ0) is 12.0. The predicted molar refractivity (Wildman–Crippen MR) is 70.7 cm³/mol. The van der Waals surface area contributed by atoms with Crippen LogP contribution in [0.3, 0.4) is 0 Å². The first-order valence-electron chi connectivity index (χ1n) is 7.78. The van der Waals surface area contributed by atoms with Gasteiger partial charge in [0.05, 0.1) is 6.10 Å². The van der Waals surface area contributed by atoms with E-state index in [1.807, 2.05) is 0 Å². The van der Waals surface area contributed by atoms with Gasteiger partial charge in [0.2, 0.25) is 0 Å². The second-order valence-electron chi connectivity index (χ2n) is 7.55. The summed E-state index contributed by atoms with van der Waals surface area (Å²) in [5.74, 6) is 3.39. The third-order valence-corrected chi connectivity index (χ3v) is 6.32. The van der Waals surface area contributed by atoms with Gasteiger partial charge in [-0.3, -0.25) is 0 Å². The van der Waals surface area contributed by atoms with E-state index < -0.39 is 0 Å². The summed E-state index contributed by atoms with van der Waals surface area (Å²) >= 11 is 0. The Balaban J connectivity index is 1.82. The van der Waals surface area contributed by atoms with E-state index in [4.69, 9.17) is 0 Å². The molecule has 3 aliphatic carbocycles. The minimum Gasteiger partial charge on any atom is -0.393 e. The van der Waals surface area contributed by atoms with Crippen LogP contribution in [0.4, 0.5) is 0 Å². The van der Waals surface area contributed by atoms with Gasteiger partial charge in [-0.05, 0) is 67.6 Å². The lowest BCUT2D eigenvalue weighted by atomic mass is 9.51. The summed E-state index contributed by atoms with van der Waals surface area (Å²) in [6.45, 7) is 4.98. The lowest BCUT2D eigenvalue weighted by Crippen LogP contribution is -2.48. The van der Waals surface area contributed by atoms with E-state index in [2.05, 4.69) is 13.8 Å². The summed E-state index contributed by atoms with van der Waals surface area (Å²) in [7, 11) is 0. The average Bonchev–Trinajstić information content (AvgIpc) is 2.29. The standard InChI is InChI=1S/C16H28O/c1-16(2)10-4-6-12-11-5-3-7-15(17)13(11)8-9-14(12)16/h11-15,17H,3-10H2,1-2H3/t11-,12?,13?,14-,15+/m0/s1. The largest absolute Gasteiger partial charge is 0.393 e. The van der Waals surface area contributed by atoms with Gasteiger partial charge in [0, 0.05) is 0 Å². The van der Waals surface area contributed by atoms with Crippen molar-refractivity contribution in [3.05, 3.63) is 0 Å². The van der Waals surface area contributed by atoms with Crippen LogP contribution in [-0.2, 0) is 0 Å². The Labute approximate surface area is 106 Å². The van der Waals surface area contributed by atoms with Gasteiger partial charge in [-0.2, -0.15) is 0 Å². The fourth-order valence-corrected chi connectivity index (χ4v) is 5.46. The second-order valence-corrected chi connectivity index (χ2v) is 7.55. The molecule has 0 radical (unpaired) electrons. The maximum Gasteiger partial charge on any atom is 0.0571 e. The second kappa shape index (κ2) is 4.26. The van der Waals surface area contributed by atoms with Gasteiger partial charge in [0.25, 0.3) is 0 Å². The van der Waals surface area contributed by atoms with E-state index in [9.17, 15) is 5.11 Å². The smallest absolute Gasteiger partial charge is 0.0571 e. The quantitative estimate of drug-likeness (QED) is 0.674. The van der Waals surface area contributed by atoms with Crippen LogP contribution in [0.5, 0.6) is 0 Å². The van der Waals surface area contributed by atoms with Crippen molar-refractivity contribution >= 4 is 0 Å². The number of hydrogen-bond donors (Lipinski definition) is 1. The van der Waals surface area contributed by atoms with Gasteiger partial charge in [-0.1, -0.05) is 26.7 Å². The Bertz CT molecular complexity index is 283. The third kappa shape index (κ3) is 1.95.